The van der Waals surface area contributed by atoms with Crippen LogP contribution in [0.2, 0.25) is 0 Å². The molecule has 0 unspecified atom stereocenters. The third kappa shape index (κ3) is 8.16. The summed E-state index contributed by atoms with van der Waals surface area (Å²) >= 11 is 0. The number of carbonyl (C=O) groups excluding carboxylic acids is 1. The number of carbonyl (C=O) groups is 1. The Morgan fingerprint density at radius 3 is 1.76 bits per heavy atom. The van der Waals surface area contributed by atoms with Gasteiger partial charge >= 0.3 is 28.7 Å². The molecule has 1 atom stereocenters. The fourth-order valence-corrected chi connectivity index (χ4v) is 2.68. The third-order valence-electron chi connectivity index (χ3n) is 4.23. The summed E-state index contributed by atoms with van der Waals surface area (Å²) in [5, 5.41) is 12.1. The molecular weight excluding hydrogens is 500 g/mol. The monoisotopic (exact) mass is 519 g/mol. The number of methoxy groups -OCH3 is 1. The van der Waals surface area contributed by atoms with Gasteiger partial charge in [-0.05, 0) is 17.7 Å². The van der Waals surface area contributed by atoms with Crippen LogP contribution >= 0.6 is 0 Å². The maximum Gasteiger partial charge on any atom is 0.430 e. The normalized spacial score (nSPS) is 13.4. The van der Waals surface area contributed by atoms with Gasteiger partial charge in [0, 0.05) is 17.7 Å². The summed E-state index contributed by atoms with van der Waals surface area (Å²) in [6, 6.07) is 10.6. The average molecular weight is 519 g/mol. The van der Waals surface area contributed by atoms with Gasteiger partial charge in [-0.25, -0.2) is 4.79 Å². The smallest absolute Gasteiger partial charge is 0.430 e. The summed E-state index contributed by atoms with van der Waals surface area (Å²) in [5.74, 6) is -0.667. The minimum atomic E-state index is -5.97. The Hall–Kier alpha value is -2.88. The second-order valence-electron chi connectivity index (χ2n) is 6.64. The van der Waals surface area contributed by atoms with E-state index in [0.717, 1.165) is 24.8 Å². The van der Waals surface area contributed by atoms with E-state index < -0.39 is 45.9 Å². The topological polar surface area (TPSA) is 133 Å². The lowest BCUT2D eigenvalue weighted by Crippen LogP contribution is -2.53. The van der Waals surface area contributed by atoms with Crippen LogP contribution in [0.25, 0.3) is 0 Å². The molecule has 0 radical (unpaired) electrons. The van der Waals surface area contributed by atoms with Crippen molar-refractivity contribution in [2.24, 2.45) is 0 Å². The lowest BCUT2D eigenvalue weighted by molar-refractivity contribution is -0.376. The predicted molar refractivity (Wildman–Crippen MR) is 106 cm³/mol. The molecule has 0 aliphatic heterocycles. The van der Waals surface area contributed by atoms with E-state index in [1.54, 1.807) is 30.3 Å². The second-order valence-corrected chi connectivity index (χ2v) is 7.54. The number of rotatable bonds is 6. The number of aliphatic hydroxyl groups is 1. The Morgan fingerprint density at radius 1 is 0.941 bits per heavy atom. The molecule has 15 heteroatoms. The molecular formula is C19H19F6NO7S. The van der Waals surface area contributed by atoms with Crippen LogP contribution < -0.4 is 5.32 Å². The van der Waals surface area contributed by atoms with Gasteiger partial charge in [-0.15, -0.1) is 0 Å². The van der Waals surface area contributed by atoms with Crippen LogP contribution in [0, 0.1) is 0 Å². The van der Waals surface area contributed by atoms with Gasteiger partial charge in [0.05, 0.1) is 7.11 Å². The second kappa shape index (κ2) is 11.0. The minimum absolute atomic E-state index is 0.0757. The van der Waals surface area contributed by atoms with Crippen molar-refractivity contribution in [2.75, 3.05) is 12.4 Å². The van der Waals surface area contributed by atoms with Crippen LogP contribution in [0.4, 0.5) is 32.0 Å². The Bertz CT molecular complexity index is 1020. The SMILES string of the molecule is COC(=O)[C@H](Cc1ccccc1)Nc1ccc(C(O)(C(F)(F)F)C(F)(F)F)cc1.O=S(=O)(O)O. The first-order chi connectivity index (χ1) is 15.4. The molecule has 2 aromatic rings. The first kappa shape index (κ1) is 29.2. The first-order valence-corrected chi connectivity index (χ1v) is 10.3. The highest BCUT2D eigenvalue weighted by atomic mass is 32.3. The average Bonchev–Trinajstić information content (AvgIpc) is 2.70. The van der Waals surface area contributed by atoms with Crippen molar-refractivity contribution in [2.45, 2.75) is 30.4 Å². The van der Waals surface area contributed by atoms with Crippen molar-refractivity contribution in [3.8, 4) is 0 Å². The van der Waals surface area contributed by atoms with Gasteiger partial charge in [0.2, 0.25) is 0 Å². The van der Waals surface area contributed by atoms with E-state index in [9.17, 15) is 36.2 Å². The largest absolute Gasteiger partial charge is 0.467 e. The van der Waals surface area contributed by atoms with Crippen molar-refractivity contribution in [1.82, 2.24) is 0 Å². The number of ether oxygens (including phenoxy) is 1. The molecule has 0 amide bonds. The number of hydrogen-bond acceptors (Lipinski definition) is 6. The molecule has 0 fully saturated rings. The van der Waals surface area contributed by atoms with E-state index in [1.807, 2.05) is 0 Å². The van der Waals surface area contributed by atoms with Crippen LogP contribution in [0.5, 0.6) is 0 Å². The molecule has 190 valence electrons. The Morgan fingerprint density at radius 2 is 1.38 bits per heavy atom. The zero-order valence-corrected chi connectivity index (χ0v) is 17.9. The number of hydrogen-bond donors (Lipinski definition) is 4. The van der Waals surface area contributed by atoms with Crippen molar-refractivity contribution in [3.05, 3.63) is 65.7 Å². The van der Waals surface area contributed by atoms with Crippen LogP contribution in [-0.2, 0) is 32.0 Å². The quantitative estimate of drug-likeness (QED) is 0.259. The molecule has 4 N–H and O–H groups in total. The van der Waals surface area contributed by atoms with Crippen molar-refractivity contribution in [1.29, 1.82) is 0 Å². The molecule has 8 nitrogen and oxygen atoms in total. The summed E-state index contributed by atoms with van der Waals surface area (Å²) in [7, 11) is -3.52. The number of anilines is 1. The molecule has 2 rings (SSSR count). The first-order valence-electron chi connectivity index (χ1n) is 8.94. The van der Waals surface area contributed by atoms with E-state index in [2.05, 4.69) is 10.1 Å². The third-order valence-corrected chi connectivity index (χ3v) is 4.23. The summed E-state index contributed by atoms with van der Waals surface area (Å²) in [4.78, 5) is 12.0. The van der Waals surface area contributed by atoms with Gasteiger partial charge in [-0.1, -0.05) is 42.5 Å². The molecule has 0 bridgehead atoms. The molecule has 0 aliphatic carbocycles. The number of esters is 1. The number of alkyl halides is 6. The number of halogens is 6. The highest BCUT2D eigenvalue weighted by Gasteiger charge is 2.71. The zero-order chi connectivity index (χ0) is 26.4. The fourth-order valence-electron chi connectivity index (χ4n) is 2.68. The molecule has 2 aromatic carbocycles. The Labute approximate surface area is 189 Å². The van der Waals surface area contributed by atoms with Gasteiger partial charge in [-0.2, -0.15) is 34.8 Å². The van der Waals surface area contributed by atoms with Gasteiger partial charge in [0.15, 0.2) is 0 Å². The Balaban J connectivity index is 0.00000104. The molecule has 0 saturated heterocycles. The van der Waals surface area contributed by atoms with E-state index in [-0.39, 0.29) is 12.1 Å². The van der Waals surface area contributed by atoms with Gasteiger partial charge in [0.25, 0.3) is 5.60 Å². The fraction of sp³-hybridized carbons (Fsp3) is 0.316. The van der Waals surface area contributed by atoms with Crippen LogP contribution in [-0.4, -0.2) is 54.1 Å². The van der Waals surface area contributed by atoms with E-state index in [1.165, 1.54) is 0 Å². The van der Waals surface area contributed by atoms with Gasteiger partial charge in [-0.3, -0.25) is 9.11 Å². The van der Waals surface area contributed by atoms with Gasteiger partial charge < -0.3 is 15.2 Å². The standard InChI is InChI=1S/C19H17F6NO3.H2O4S/c1-29-16(27)15(11-12-5-3-2-4-6-12)26-14-9-7-13(8-10-14)17(28,18(20,21)22)19(23,24)25;1-5(2,3)4/h2-10,15,26,28H,11H2,1H3;(H2,1,2,3,4)/t15-;/m0./s1. The van der Waals surface area contributed by atoms with Crippen LogP contribution in [0.3, 0.4) is 0 Å². The molecule has 34 heavy (non-hydrogen) atoms. The highest BCUT2D eigenvalue weighted by molar-refractivity contribution is 7.79. The number of benzene rings is 2. The maximum absolute atomic E-state index is 12.9. The molecule has 0 spiro atoms. The van der Waals surface area contributed by atoms with Crippen molar-refractivity contribution >= 4 is 22.1 Å². The zero-order valence-electron chi connectivity index (χ0n) is 17.1. The summed E-state index contributed by atoms with van der Waals surface area (Å²) in [5.41, 5.74) is -5.56. The van der Waals surface area contributed by atoms with E-state index in [0.29, 0.717) is 12.1 Å². The molecule has 0 saturated carbocycles. The lowest BCUT2D eigenvalue weighted by atomic mass is 9.92. The number of nitrogens with one attached hydrogen (secondary N) is 1. The summed E-state index contributed by atoms with van der Waals surface area (Å²) in [6.07, 6.45) is -11.8. The highest BCUT2D eigenvalue weighted by Crippen LogP contribution is 2.50. The predicted octanol–water partition coefficient (Wildman–Crippen LogP) is 3.54. The van der Waals surface area contributed by atoms with Crippen molar-refractivity contribution in [3.63, 3.8) is 0 Å². The van der Waals surface area contributed by atoms with Crippen molar-refractivity contribution < 1.29 is 58.5 Å². The minimum Gasteiger partial charge on any atom is -0.467 e. The van der Waals surface area contributed by atoms with E-state index in [4.69, 9.17) is 17.5 Å². The van der Waals surface area contributed by atoms with Gasteiger partial charge in [0.1, 0.15) is 6.04 Å². The lowest BCUT2D eigenvalue weighted by Gasteiger charge is -2.32. The molecule has 0 aromatic heterocycles. The van der Waals surface area contributed by atoms with E-state index >= 15 is 0 Å². The Kier molecular flexibility index (Phi) is 9.46. The molecule has 0 aliphatic rings. The van der Waals surface area contributed by atoms with Crippen LogP contribution in [0.1, 0.15) is 11.1 Å². The van der Waals surface area contributed by atoms with Crippen LogP contribution in [0.15, 0.2) is 54.6 Å². The molecule has 0 heterocycles. The summed E-state index contributed by atoms with van der Waals surface area (Å²) in [6.45, 7) is 0. The summed E-state index contributed by atoms with van der Waals surface area (Å²) < 4.78 is 114. The maximum atomic E-state index is 12.9.